The van der Waals surface area contributed by atoms with Gasteiger partial charge in [0, 0.05) is 0 Å². The average molecular weight is 159 g/mol. The summed E-state index contributed by atoms with van der Waals surface area (Å²) in [7, 11) is -3.43. The smallest absolute Gasteiger partial charge is 0.226 e. The molecule has 2 N–H and O–H groups in total. The lowest BCUT2D eigenvalue weighted by Crippen LogP contribution is -2.28. The minimum atomic E-state index is -3.43. The minimum absolute atomic E-state index is 0.590. The summed E-state index contributed by atoms with van der Waals surface area (Å²) in [5.41, 5.74) is 0. The summed E-state index contributed by atoms with van der Waals surface area (Å²) in [6.07, 6.45) is 1.18. The highest BCUT2D eigenvalue weighted by Gasteiger charge is 2.51. The Bertz CT molecular complexity index is 289. The first kappa shape index (κ1) is 7.58. The van der Waals surface area contributed by atoms with Crippen LogP contribution in [-0.4, -0.2) is 13.2 Å². The van der Waals surface area contributed by atoms with Crippen molar-refractivity contribution in [3.8, 4) is 11.8 Å². The fourth-order valence-corrected chi connectivity index (χ4v) is 1.74. The molecule has 3 nitrogen and oxygen atoms in total. The predicted molar refractivity (Wildman–Crippen MR) is 38.5 cm³/mol. The molecule has 0 atom stereocenters. The normalized spacial score (nSPS) is 21.0. The largest absolute Gasteiger partial charge is 0.227 e. The van der Waals surface area contributed by atoms with E-state index in [2.05, 4.69) is 11.8 Å². The molecule has 56 valence electrons. The molecule has 0 amide bonds. The zero-order valence-corrected chi connectivity index (χ0v) is 6.53. The maximum Gasteiger partial charge on any atom is 0.226 e. The van der Waals surface area contributed by atoms with Crippen molar-refractivity contribution in [2.45, 2.75) is 24.5 Å². The molecule has 1 saturated carbocycles. The summed E-state index contributed by atoms with van der Waals surface area (Å²) < 4.78 is 20.7. The third-order valence-electron chi connectivity index (χ3n) is 1.60. The van der Waals surface area contributed by atoms with E-state index in [1.807, 2.05) is 0 Å². The lowest BCUT2D eigenvalue weighted by molar-refractivity contribution is 0.590. The number of hydrogen-bond donors (Lipinski definition) is 1. The molecule has 0 heterocycles. The van der Waals surface area contributed by atoms with Crippen LogP contribution in [-0.2, 0) is 10.0 Å². The van der Waals surface area contributed by atoms with Crippen LogP contribution in [0.3, 0.4) is 0 Å². The second-order valence-electron chi connectivity index (χ2n) is 2.41. The Hall–Kier alpha value is -0.530. The van der Waals surface area contributed by atoms with Crippen LogP contribution >= 0.6 is 0 Å². The Morgan fingerprint density at radius 3 is 2.10 bits per heavy atom. The van der Waals surface area contributed by atoms with E-state index in [1.165, 1.54) is 0 Å². The molecule has 0 unspecified atom stereocenters. The average Bonchev–Trinajstić information content (AvgIpc) is 2.45. The van der Waals surface area contributed by atoms with Crippen LogP contribution in [0.25, 0.3) is 0 Å². The number of primary sulfonamides is 1. The molecule has 0 saturated heterocycles. The summed E-state index contributed by atoms with van der Waals surface area (Å²) in [6, 6.07) is 0. The van der Waals surface area contributed by atoms with Gasteiger partial charge in [-0.2, -0.15) is 0 Å². The van der Waals surface area contributed by atoms with E-state index in [0.717, 1.165) is 0 Å². The molecule has 4 heteroatoms. The standard InChI is InChI=1S/C6H9NO2S/c1-2-3-6(4-5-6)10(7,8)9/h4-5H2,1H3,(H2,7,8,9). The number of hydrogen-bond acceptors (Lipinski definition) is 2. The molecule has 1 aliphatic rings. The van der Waals surface area contributed by atoms with Gasteiger partial charge in [-0.3, -0.25) is 0 Å². The predicted octanol–water partition coefficient (Wildman–Crippen LogP) is -0.169. The first-order chi connectivity index (χ1) is 4.52. The van der Waals surface area contributed by atoms with Crippen LogP contribution in [0.5, 0.6) is 0 Å². The van der Waals surface area contributed by atoms with Crippen molar-refractivity contribution in [3.63, 3.8) is 0 Å². The molecular weight excluding hydrogens is 150 g/mol. The van der Waals surface area contributed by atoms with E-state index in [9.17, 15) is 8.42 Å². The molecule has 10 heavy (non-hydrogen) atoms. The lowest BCUT2D eigenvalue weighted by atomic mass is 10.4. The van der Waals surface area contributed by atoms with Crippen LogP contribution in [0.2, 0.25) is 0 Å². The highest BCUT2D eigenvalue weighted by Crippen LogP contribution is 2.41. The van der Waals surface area contributed by atoms with Gasteiger partial charge in [-0.15, -0.1) is 5.92 Å². The van der Waals surface area contributed by atoms with E-state index in [-0.39, 0.29) is 0 Å². The fourth-order valence-electron chi connectivity index (χ4n) is 0.822. The fraction of sp³-hybridized carbons (Fsp3) is 0.667. The highest BCUT2D eigenvalue weighted by atomic mass is 32.2. The van der Waals surface area contributed by atoms with Gasteiger partial charge in [-0.1, -0.05) is 5.92 Å². The zero-order chi connectivity index (χ0) is 7.83. The van der Waals surface area contributed by atoms with Crippen molar-refractivity contribution in [1.29, 1.82) is 0 Å². The third-order valence-corrected chi connectivity index (χ3v) is 3.20. The van der Waals surface area contributed by atoms with Gasteiger partial charge in [0.1, 0.15) is 4.75 Å². The van der Waals surface area contributed by atoms with Gasteiger partial charge >= 0.3 is 0 Å². The summed E-state index contributed by atoms with van der Waals surface area (Å²) in [4.78, 5) is 0. The Balaban J connectivity index is 2.98. The maximum absolute atomic E-state index is 10.8. The van der Waals surface area contributed by atoms with Crippen molar-refractivity contribution in [3.05, 3.63) is 0 Å². The van der Waals surface area contributed by atoms with Crippen molar-refractivity contribution in [1.82, 2.24) is 0 Å². The molecule has 0 aliphatic heterocycles. The SMILES string of the molecule is CC#CC1(S(N)(=O)=O)CC1. The summed E-state index contributed by atoms with van der Waals surface area (Å²) >= 11 is 0. The number of nitrogens with two attached hydrogens (primary N) is 1. The van der Waals surface area contributed by atoms with Crippen molar-refractivity contribution < 1.29 is 8.42 Å². The first-order valence-corrected chi connectivity index (χ1v) is 4.53. The highest BCUT2D eigenvalue weighted by molar-refractivity contribution is 7.91. The van der Waals surface area contributed by atoms with E-state index < -0.39 is 14.8 Å². The van der Waals surface area contributed by atoms with Crippen molar-refractivity contribution in [2.24, 2.45) is 5.14 Å². The molecule has 0 aromatic heterocycles. The van der Waals surface area contributed by atoms with Gasteiger partial charge in [-0.05, 0) is 19.8 Å². The monoisotopic (exact) mass is 159 g/mol. The zero-order valence-electron chi connectivity index (χ0n) is 5.72. The van der Waals surface area contributed by atoms with Gasteiger partial charge in [0.15, 0.2) is 0 Å². The molecule has 1 fully saturated rings. The van der Waals surface area contributed by atoms with Crippen LogP contribution in [0.4, 0.5) is 0 Å². The van der Waals surface area contributed by atoms with Crippen molar-refractivity contribution in [2.75, 3.05) is 0 Å². The van der Waals surface area contributed by atoms with Crippen LogP contribution in [0, 0.1) is 11.8 Å². The Kier molecular flexibility index (Phi) is 1.50. The van der Waals surface area contributed by atoms with Gasteiger partial charge < -0.3 is 0 Å². The summed E-state index contributed by atoms with van der Waals surface area (Å²) in [5, 5.41) is 4.93. The third kappa shape index (κ3) is 1.02. The topological polar surface area (TPSA) is 60.2 Å². The van der Waals surface area contributed by atoms with Gasteiger partial charge in [0.25, 0.3) is 0 Å². The maximum atomic E-state index is 10.8. The number of sulfonamides is 1. The molecule has 1 aliphatic carbocycles. The molecule has 0 aromatic rings. The first-order valence-electron chi connectivity index (χ1n) is 2.98. The summed E-state index contributed by atoms with van der Waals surface area (Å²) in [5.74, 6) is 5.18. The minimum Gasteiger partial charge on any atom is -0.227 e. The van der Waals surface area contributed by atoms with Gasteiger partial charge in [0.2, 0.25) is 10.0 Å². The Morgan fingerprint density at radius 1 is 1.50 bits per heavy atom. The number of rotatable bonds is 1. The molecule has 0 radical (unpaired) electrons. The lowest BCUT2D eigenvalue weighted by Gasteiger charge is -2.01. The van der Waals surface area contributed by atoms with E-state index in [0.29, 0.717) is 12.8 Å². The van der Waals surface area contributed by atoms with E-state index >= 15 is 0 Å². The van der Waals surface area contributed by atoms with Crippen LogP contribution < -0.4 is 5.14 Å². The molecule has 0 bridgehead atoms. The van der Waals surface area contributed by atoms with Gasteiger partial charge in [-0.25, -0.2) is 13.6 Å². The van der Waals surface area contributed by atoms with Gasteiger partial charge in [0.05, 0.1) is 0 Å². The molecule has 1 rings (SSSR count). The quantitative estimate of drug-likeness (QED) is 0.540. The Morgan fingerprint density at radius 2 is 2.00 bits per heavy atom. The van der Waals surface area contributed by atoms with E-state index in [4.69, 9.17) is 5.14 Å². The van der Waals surface area contributed by atoms with Crippen LogP contribution in [0.15, 0.2) is 0 Å². The Labute approximate surface area is 60.7 Å². The molecule has 0 spiro atoms. The molecular formula is C6H9NO2S. The van der Waals surface area contributed by atoms with Crippen molar-refractivity contribution >= 4 is 10.0 Å². The second kappa shape index (κ2) is 1.97. The van der Waals surface area contributed by atoms with Crippen LogP contribution in [0.1, 0.15) is 19.8 Å². The summed E-state index contributed by atoms with van der Waals surface area (Å²) in [6.45, 7) is 1.62. The van der Waals surface area contributed by atoms with E-state index in [1.54, 1.807) is 6.92 Å². The second-order valence-corrected chi connectivity index (χ2v) is 4.29. The molecule has 0 aromatic carbocycles.